The van der Waals surface area contributed by atoms with Crippen molar-refractivity contribution in [2.75, 3.05) is 26.3 Å². The Labute approximate surface area is 162 Å². The van der Waals surface area contributed by atoms with Gasteiger partial charge >= 0.3 is 0 Å². The van der Waals surface area contributed by atoms with Gasteiger partial charge in [0.05, 0.1) is 11.0 Å². The summed E-state index contributed by atoms with van der Waals surface area (Å²) < 4.78 is 10.4. The molecule has 1 aliphatic rings. The van der Waals surface area contributed by atoms with Crippen LogP contribution in [0.2, 0.25) is 0 Å². The molecule has 1 aromatic heterocycles. The molecule has 1 saturated heterocycles. The van der Waals surface area contributed by atoms with E-state index in [0.29, 0.717) is 5.92 Å². The Hall–Kier alpha value is -1.04. The van der Waals surface area contributed by atoms with Crippen molar-refractivity contribution < 1.29 is 4.74 Å². The molecule has 0 bridgehead atoms. The Kier molecular flexibility index (Phi) is 6.31. The molecule has 26 heavy (non-hydrogen) atoms. The van der Waals surface area contributed by atoms with Crippen LogP contribution in [0, 0.1) is 5.92 Å². The van der Waals surface area contributed by atoms with E-state index in [4.69, 9.17) is 9.72 Å². The van der Waals surface area contributed by atoms with Crippen LogP contribution < -0.4 is 0 Å². The number of hydrogen-bond donors (Lipinski definition) is 0. The lowest BCUT2D eigenvalue weighted by Crippen LogP contribution is -2.25. The van der Waals surface area contributed by atoms with Gasteiger partial charge in [0.25, 0.3) is 0 Å². The highest BCUT2D eigenvalue weighted by Gasteiger charge is 2.25. The van der Waals surface area contributed by atoms with Crippen molar-refractivity contribution in [3.8, 4) is 0 Å². The molecule has 1 aromatic carbocycles. The molecule has 0 spiro atoms. The Morgan fingerprint density at radius 3 is 2.50 bits per heavy atom. The first-order chi connectivity index (χ1) is 12.4. The van der Waals surface area contributed by atoms with Crippen molar-refractivity contribution in [3.05, 3.63) is 24.0 Å². The lowest BCUT2D eigenvalue weighted by atomic mass is 9.94. The molecule has 0 unspecified atom stereocenters. The number of fused-ring (bicyclic) bond motifs is 1. The molecular formula is C21H33N3OS. The molecule has 144 valence electrons. The van der Waals surface area contributed by atoms with Gasteiger partial charge in [0.15, 0.2) is 0 Å². The second-order valence-corrected chi connectivity index (χ2v) is 9.38. The molecule has 5 heteroatoms. The molecule has 0 radical (unpaired) electrons. The van der Waals surface area contributed by atoms with E-state index in [1.165, 1.54) is 16.2 Å². The fourth-order valence-corrected chi connectivity index (χ4v) is 4.46. The second kappa shape index (κ2) is 8.32. The highest BCUT2D eigenvalue weighted by Crippen LogP contribution is 2.32. The summed E-state index contributed by atoms with van der Waals surface area (Å²) in [5, 5.41) is 0. The van der Waals surface area contributed by atoms with E-state index >= 15 is 0 Å². The number of nitrogens with zero attached hydrogens (tertiary/aromatic N) is 3. The van der Waals surface area contributed by atoms with Crippen LogP contribution in [-0.4, -0.2) is 40.2 Å². The summed E-state index contributed by atoms with van der Waals surface area (Å²) in [4.78, 5) is 6.34. The maximum absolute atomic E-state index is 5.55. The minimum atomic E-state index is 0.0381. The summed E-state index contributed by atoms with van der Waals surface area (Å²) in [6.45, 7) is 16.1. The molecule has 0 saturated carbocycles. The highest BCUT2D eigenvalue weighted by molar-refractivity contribution is 7.97. The lowest BCUT2D eigenvalue weighted by Gasteiger charge is -2.26. The zero-order chi connectivity index (χ0) is 18.7. The van der Waals surface area contributed by atoms with Gasteiger partial charge < -0.3 is 9.30 Å². The molecule has 1 fully saturated rings. The Balaban J connectivity index is 1.95. The Bertz CT molecular complexity index is 725. The standard InChI is InChI=1S/C21H33N3OS/c1-6-23(7-2)26-17-8-9-19-18(14-17)22-20(21(3,4)5)24(19)15-16-10-12-25-13-11-16/h8-9,14,16H,6-7,10-13,15H2,1-5H3. The van der Waals surface area contributed by atoms with E-state index < -0.39 is 0 Å². The zero-order valence-corrected chi connectivity index (χ0v) is 17.7. The van der Waals surface area contributed by atoms with Gasteiger partial charge in [0.1, 0.15) is 5.82 Å². The Morgan fingerprint density at radius 2 is 1.88 bits per heavy atom. The minimum absolute atomic E-state index is 0.0381. The van der Waals surface area contributed by atoms with Crippen molar-refractivity contribution >= 4 is 23.0 Å². The normalized spacial score (nSPS) is 16.7. The summed E-state index contributed by atoms with van der Waals surface area (Å²) in [5.41, 5.74) is 2.43. The van der Waals surface area contributed by atoms with Crippen molar-refractivity contribution in [2.45, 2.75) is 64.3 Å². The molecule has 1 aliphatic heterocycles. The molecular weight excluding hydrogens is 342 g/mol. The topological polar surface area (TPSA) is 30.3 Å². The quantitative estimate of drug-likeness (QED) is 0.656. The van der Waals surface area contributed by atoms with Crippen LogP contribution >= 0.6 is 11.9 Å². The number of benzene rings is 1. The van der Waals surface area contributed by atoms with Gasteiger partial charge in [-0.1, -0.05) is 34.6 Å². The minimum Gasteiger partial charge on any atom is -0.381 e. The van der Waals surface area contributed by atoms with Crippen LogP contribution in [0.5, 0.6) is 0 Å². The monoisotopic (exact) mass is 375 g/mol. The van der Waals surface area contributed by atoms with Gasteiger partial charge in [-0.15, -0.1) is 0 Å². The number of ether oxygens (including phenoxy) is 1. The van der Waals surface area contributed by atoms with Gasteiger partial charge in [0, 0.05) is 43.2 Å². The number of imidazole rings is 1. The van der Waals surface area contributed by atoms with Gasteiger partial charge in [-0.05, 0) is 48.9 Å². The van der Waals surface area contributed by atoms with Crippen molar-refractivity contribution in [1.82, 2.24) is 13.9 Å². The molecule has 0 atom stereocenters. The summed E-state index contributed by atoms with van der Waals surface area (Å²) in [5.74, 6) is 1.89. The van der Waals surface area contributed by atoms with Gasteiger partial charge in [-0.3, -0.25) is 0 Å². The molecule has 4 nitrogen and oxygen atoms in total. The van der Waals surface area contributed by atoms with E-state index in [0.717, 1.165) is 51.2 Å². The Morgan fingerprint density at radius 1 is 1.19 bits per heavy atom. The van der Waals surface area contributed by atoms with Gasteiger partial charge in [-0.25, -0.2) is 9.29 Å². The van der Waals surface area contributed by atoms with Crippen LogP contribution in [0.3, 0.4) is 0 Å². The van der Waals surface area contributed by atoms with E-state index in [1.54, 1.807) is 0 Å². The average Bonchev–Trinajstić information content (AvgIpc) is 2.98. The highest BCUT2D eigenvalue weighted by atomic mass is 32.2. The third-order valence-corrected chi connectivity index (χ3v) is 6.35. The molecule has 0 amide bonds. The molecule has 2 heterocycles. The van der Waals surface area contributed by atoms with Crippen LogP contribution in [0.4, 0.5) is 0 Å². The van der Waals surface area contributed by atoms with Crippen LogP contribution in [0.15, 0.2) is 23.1 Å². The van der Waals surface area contributed by atoms with Gasteiger partial charge in [-0.2, -0.15) is 0 Å². The fraction of sp³-hybridized carbons (Fsp3) is 0.667. The summed E-state index contributed by atoms with van der Waals surface area (Å²) in [6.07, 6.45) is 2.30. The van der Waals surface area contributed by atoms with Crippen molar-refractivity contribution in [2.24, 2.45) is 5.92 Å². The lowest BCUT2D eigenvalue weighted by molar-refractivity contribution is 0.0611. The van der Waals surface area contributed by atoms with Gasteiger partial charge in [0.2, 0.25) is 0 Å². The smallest absolute Gasteiger partial charge is 0.115 e. The fourth-order valence-electron chi connectivity index (χ4n) is 3.61. The SMILES string of the molecule is CCN(CC)Sc1ccc2c(c1)nc(C(C)(C)C)n2CC1CCOCC1. The maximum Gasteiger partial charge on any atom is 0.115 e. The summed E-state index contributed by atoms with van der Waals surface area (Å²) >= 11 is 1.83. The van der Waals surface area contributed by atoms with Crippen molar-refractivity contribution in [1.29, 1.82) is 0 Å². The first-order valence-corrected chi connectivity index (χ1v) is 10.7. The first kappa shape index (κ1) is 19.7. The third-order valence-electron chi connectivity index (χ3n) is 5.11. The van der Waals surface area contributed by atoms with Crippen LogP contribution in [-0.2, 0) is 16.7 Å². The predicted octanol–water partition coefficient (Wildman–Crippen LogP) is 5.11. The largest absolute Gasteiger partial charge is 0.381 e. The second-order valence-electron chi connectivity index (χ2n) is 8.21. The van der Waals surface area contributed by atoms with E-state index in [-0.39, 0.29) is 5.41 Å². The summed E-state index contributed by atoms with van der Waals surface area (Å²) in [6, 6.07) is 6.77. The molecule has 0 aliphatic carbocycles. The predicted molar refractivity (Wildman–Crippen MR) is 111 cm³/mol. The maximum atomic E-state index is 5.55. The van der Waals surface area contributed by atoms with Crippen LogP contribution in [0.1, 0.15) is 53.3 Å². The van der Waals surface area contributed by atoms with E-state index in [9.17, 15) is 0 Å². The zero-order valence-electron chi connectivity index (χ0n) is 16.9. The molecule has 3 rings (SSSR count). The summed E-state index contributed by atoms with van der Waals surface area (Å²) in [7, 11) is 0. The molecule has 0 N–H and O–H groups in total. The average molecular weight is 376 g/mol. The van der Waals surface area contributed by atoms with Crippen LogP contribution in [0.25, 0.3) is 11.0 Å². The first-order valence-electron chi connectivity index (χ1n) is 9.93. The molecule has 2 aromatic rings. The van der Waals surface area contributed by atoms with E-state index in [2.05, 4.69) is 61.7 Å². The van der Waals surface area contributed by atoms with E-state index in [1.807, 2.05) is 11.9 Å². The number of hydrogen-bond acceptors (Lipinski definition) is 4. The van der Waals surface area contributed by atoms with Crippen molar-refractivity contribution in [3.63, 3.8) is 0 Å². The number of rotatable bonds is 6. The number of aromatic nitrogens is 2. The third kappa shape index (κ3) is 4.44.